The van der Waals surface area contributed by atoms with Gasteiger partial charge in [0.2, 0.25) is 0 Å². The molecule has 5 amide bonds. The van der Waals surface area contributed by atoms with Gasteiger partial charge in [0.15, 0.2) is 5.69 Å². The Morgan fingerprint density at radius 1 is 0.480 bits per heavy atom. The first-order valence-electron chi connectivity index (χ1n) is 52.8. The van der Waals surface area contributed by atoms with E-state index in [0.29, 0.717) is 197 Å². The molecule has 11 aromatic rings. The highest BCUT2D eigenvalue weighted by Gasteiger charge is 2.54. The highest BCUT2D eigenvalue weighted by molar-refractivity contribution is 6.08. The maximum absolute atomic E-state index is 15.1. The van der Waals surface area contributed by atoms with Gasteiger partial charge in [0, 0.05) is 191 Å². The monoisotopic (exact) mass is 2030 g/mol. The van der Waals surface area contributed by atoms with Crippen LogP contribution in [-0.2, 0) is 89.0 Å². The number of aromatic nitrogens is 10. The first-order chi connectivity index (χ1) is 71.4. The Labute approximate surface area is 854 Å². The lowest BCUT2D eigenvalue weighted by atomic mass is 9.88. The summed E-state index contributed by atoms with van der Waals surface area (Å²) in [6.07, 6.45) is 13.0. The summed E-state index contributed by atoms with van der Waals surface area (Å²) in [7, 11) is 3.42. The molecule has 0 unspecified atom stereocenters. The fraction of sp³-hybridized carbons (Fsp3) is 0.523. The number of benzene rings is 6. The first kappa shape index (κ1) is 99.3. The molecule has 18 heterocycles. The summed E-state index contributed by atoms with van der Waals surface area (Å²) in [5.41, 5.74) is 10.5. The predicted octanol–water partition coefficient (Wildman–Crippen LogP) is 14.3. The second kappa shape index (κ2) is 40.0. The number of amides is 5. The second-order valence-corrected chi connectivity index (χ2v) is 43.1. The van der Waals surface area contributed by atoms with Crippen molar-refractivity contribution in [2.75, 3.05) is 148 Å². The number of fused-ring (bicyclic) bond motifs is 11. The summed E-state index contributed by atoms with van der Waals surface area (Å²) in [5, 5.41) is 54.3. The fourth-order valence-corrected chi connectivity index (χ4v) is 26.1. The molecule has 13 aliphatic heterocycles. The van der Waals surface area contributed by atoms with Gasteiger partial charge < -0.3 is 74.5 Å². The molecule has 782 valence electrons. The Balaban J connectivity index is 0.000000126. The molecule has 0 saturated carbocycles. The third-order valence-electron chi connectivity index (χ3n) is 33.0. The van der Waals surface area contributed by atoms with Crippen molar-refractivity contribution >= 4 is 90.7 Å². The van der Waals surface area contributed by atoms with Gasteiger partial charge in [-0.1, -0.05) is 39.0 Å². The molecule has 5 aromatic heterocycles. The number of halogens is 6. The molecule has 24 rings (SSSR count). The maximum Gasteiger partial charge on any atom is 0.344 e. The lowest BCUT2D eigenvalue weighted by molar-refractivity contribution is -0.124. The van der Waals surface area contributed by atoms with Crippen molar-refractivity contribution in [2.45, 2.75) is 249 Å². The van der Waals surface area contributed by atoms with Crippen LogP contribution in [0.15, 0.2) is 85.1 Å². The molecule has 6 aromatic carbocycles. The van der Waals surface area contributed by atoms with Crippen molar-refractivity contribution in [3.05, 3.63) is 176 Å². The van der Waals surface area contributed by atoms with E-state index in [1.807, 2.05) is 56.5 Å². The molecule has 148 heavy (non-hydrogen) atoms. The van der Waals surface area contributed by atoms with Gasteiger partial charge in [-0.3, -0.25) is 34.3 Å². The highest BCUT2D eigenvalue weighted by atomic mass is 19.2. The maximum atomic E-state index is 15.1. The van der Waals surface area contributed by atoms with Gasteiger partial charge in [-0.15, -0.1) is 0 Å². The molecular weight excluding hydrogens is 1910 g/mol. The van der Waals surface area contributed by atoms with E-state index in [4.69, 9.17) is 44.1 Å². The fourth-order valence-electron chi connectivity index (χ4n) is 26.1. The topological polar surface area (TPSA) is 338 Å². The molecule has 6 N–H and O–H groups in total. The van der Waals surface area contributed by atoms with E-state index >= 15 is 13.2 Å². The standard InChI is InChI=1S/C38H46F2N8O3.C37H44F2N8O3.C34H39F2N7O4/c1-4-28-30(40)8-7-24-15-27(49)17-33(34(24)28)45-14-9-29-32(21-45)42-37(51-22-38-10-5-12-47(38)19-25(39)18-38)43-35(29)46-11-6-13-48-26(20-46)16-31(44-48)36(50)41-23(2)3;1-4-27-29(39)9-8-23-15-26(48)16-32(33(23)27)44-14-10-28-31(21-44)40-35(50-22-37-11-6-13-46(37)20-25(38)17-37)41-34(28)45-12-5-7-30-24(18-45)19-47(42-30)36(49)43(2)3;1-2-23-25(36)6-5-20-13-22(44)14-27(28(20)23)41-12-7-24-26(17-41)37-32(47-19-33-8-3-11-43(33)16-21(35)15-33)38-29(24)42-10-4-9-34(18-42)30(45)39-31(46)40-34/h7-8,15-17,23,25,49H,4-6,9-14,18-22H2,1-3H3,(H,41,50);8-9,15-16,19,25,48H,4-7,10-14,17-18,20-22H2,1-3H3;5-6,13-14,21,44H,2-4,7-12,15-19H2,1H3,(H2,39,40,45,46)/t25-,38+;25-,37+;21-,33+,34-/m111/s1. The van der Waals surface area contributed by atoms with Crippen molar-refractivity contribution < 1.29 is 75.1 Å². The van der Waals surface area contributed by atoms with E-state index < -0.39 is 30.1 Å². The van der Waals surface area contributed by atoms with E-state index in [9.17, 15) is 47.7 Å². The third-order valence-corrected chi connectivity index (χ3v) is 33.0. The van der Waals surface area contributed by atoms with Gasteiger partial charge in [-0.2, -0.15) is 44.8 Å². The second-order valence-electron chi connectivity index (χ2n) is 43.1. The largest absolute Gasteiger partial charge is 0.508 e. The molecular formula is C109H129F6N23O10. The quantitative estimate of drug-likeness (QED) is 0.0305. The molecule has 0 radical (unpaired) electrons. The van der Waals surface area contributed by atoms with E-state index in [2.05, 4.69) is 65.3 Å². The molecule has 33 nitrogen and oxygen atoms in total. The molecule has 13 aliphatic rings. The molecule has 8 fully saturated rings. The number of anilines is 6. The van der Waals surface area contributed by atoms with E-state index in [1.54, 1.807) is 68.7 Å². The first-order valence-corrected chi connectivity index (χ1v) is 52.8. The number of carbonyl (C=O) groups is 4. The summed E-state index contributed by atoms with van der Waals surface area (Å²) >= 11 is 0. The number of aryl methyl sites for hydroxylation is 5. The minimum atomic E-state index is -1.04. The number of hydrogen-bond donors (Lipinski definition) is 6. The minimum absolute atomic E-state index is 0.00216. The number of nitrogens with zero attached hydrogens (tertiary/aromatic N) is 20. The van der Waals surface area contributed by atoms with Crippen molar-refractivity contribution in [3.63, 3.8) is 0 Å². The number of rotatable bonds is 20. The number of imide groups is 1. The molecule has 0 aliphatic carbocycles. The van der Waals surface area contributed by atoms with Crippen LogP contribution in [0.1, 0.15) is 196 Å². The van der Waals surface area contributed by atoms with Crippen molar-refractivity contribution in [1.82, 2.24) is 85.0 Å². The van der Waals surface area contributed by atoms with Gasteiger partial charge in [-0.25, -0.2) is 35.9 Å². The molecule has 7 atom stereocenters. The van der Waals surface area contributed by atoms with E-state index in [0.717, 1.165) is 202 Å². The zero-order chi connectivity index (χ0) is 103. The zero-order valence-corrected chi connectivity index (χ0v) is 85.0. The number of aromatic hydroxyl groups is 3. The van der Waals surface area contributed by atoms with Crippen LogP contribution in [0.3, 0.4) is 0 Å². The number of phenols is 3. The van der Waals surface area contributed by atoms with Crippen LogP contribution in [0.5, 0.6) is 35.3 Å². The Morgan fingerprint density at radius 3 is 1.32 bits per heavy atom. The molecule has 39 heteroatoms. The summed E-state index contributed by atoms with van der Waals surface area (Å²) in [6, 6.07) is 21.5. The highest BCUT2D eigenvalue weighted by Crippen LogP contribution is 2.49. The summed E-state index contributed by atoms with van der Waals surface area (Å²) in [6.45, 7) is 21.5. The average molecular weight is 2040 g/mol. The van der Waals surface area contributed by atoms with Crippen LogP contribution in [0.25, 0.3) is 32.3 Å². The Bertz CT molecular complexity index is 7040. The number of nitrogens with one attached hydrogen (secondary N) is 3. The van der Waals surface area contributed by atoms with Crippen LogP contribution in [0.4, 0.5) is 70.4 Å². The number of carbonyl (C=O) groups excluding carboxylic acids is 4. The normalized spacial score (nSPS) is 23.6. The summed E-state index contributed by atoms with van der Waals surface area (Å²) in [5.74, 6) is 1.24. The summed E-state index contributed by atoms with van der Waals surface area (Å²) < 4.78 is 112. The van der Waals surface area contributed by atoms with Crippen molar-refractivity contribution in [3.8, 4) is 35.3 Å². The number of alkyl halides is 3. The van der Waals surface area contributed by atoms with Crippen LogP contribution >= 0.6 is 0 Å². The minimum Gasteiger partial charge on any atom is -0.508 e. The van der Waals surface area contributed by atoms with Crippen LogP contribution in [-0.4, -0.2) is 274 Å². The predicted molar refractivity (Wildman–Crippen MR) is 548 cm³/mol. The Morgan fingerprint density at radius 2 is 0.899 bits per heavy atom. The van der Waals surface area contributed by atoms with Gasteiger partial charge in [0.1, 0.15) is 96.0 Å². The Hall–Kier alpha value is -13.3. The van der Waals surface area contributed by atoms with Gasteiger partial charge in [0.05, 0.1) is 77.8 Å². The smallest absolute Gasteiger partial charge is 0.344 e. The number of hydrogen-bond acceptors (Lipinski definition) is 27. The SMILES string of the molecule is CCc1c(F)ccc2cc(O)cc(N3CCc4c(nc(OC[C@@]56CCCN5C[C@H](F)C6)nc4N4CCC[C@]5(C4)NC(=O)NC5=O)C3)c12.CCc1c(F)ccc2cc(O)cc(N3CCc4c(nc(OC[C@@]56CCCN5C[C@H](F)C6)nc4N4CCCc5nn(C(=O)N(C)C)cc5C4)C3)c12.CCc1c(F)ccc2cc(O)cc(N3CCc4c(nc(OC[C@@]56CCCN5C[C@H](F)C6)nc4N4CCCn5nc(C(=O)NC(C)C)cc5C4)C3)c12. The van der Waals surface area contributed by atoms with E-state index in [1.165, 1.54) is 27.8 Å². The van der Waals surface area contributed by atoms with Gasteiger partial charge in [0.25, 0.3) is 11.8 Å². The van der Waals surface area contributed by atoms with Crippen LogP contribution in [0.2, 0.25) is 0 Å². The van der Waals surface area contributed by atoms with Gasteiger partial charge >= 0.3 is 30.1 Å². The lowest BCUT2D eigenvalue weighted by Crippen LogP contribution is -2.59. The van der Waals surface area contributed by atoms with E-state index in [-0.39, 0.29) is 106 Å². The van der Waals surface area contributed by atoms with Crippen LogP contribution < -0.4 is 59.6 Å². The lowest BCUT2D eigenvalue weighted by Gasteiger charge is -2.40. The van der Waals surface area contributed by atoms with Crippen molar-refractivity contribution in [2.24, 2.45) is 0 Å². The van der Waals surface area contributed by atoms with Gasteiger partial charge in [-0.05, 0) is 218 Å². The Kier molecular flexibility index (Phi) is 26.8. The molecule has 0 bridgehead atoms. The third kappa shape index (κ3) is 18.8. The van der Waals surface area contributed by atoms with Crippen LogP contribution in [0, 0.1) is 17.5 Å². The molecule has 8 saturated heterocycles. The zero-order valence-electron chi connectivity index (χ0n) is 85.0. The number of phenolic OH excluding ortho intramolecular Hbond substituents is 3. The summed E-state index contributed by atoms with van der Waals surface area (Å²) in [4.78, 5) is 102. The number of ether oxygens (including phenoxy) is 3. The average Bonchev–Trinajstić information content (AvgIpc) is 1.66. The number of piperidine rings is 1. The number of urea groups is 1. The molecule has 1 spiro atoms. The van der Waals surface area contributed by atoms with Crippen molar-refractivity contribution in [1.29, 1.82) is 0 Å².